The molecule has 0 N–H and O–H groups in total. The van der Waals surface area contributed by atoms with Gasteiger partial charge in [0, 0.05) is 0 Å². The summed E-state index contributed by atoms with van der Waals surface area (Å²) in [5.74, 6) is 1.59. The highest BCUT2D eigenvalue weighted by atomic mass is 79.9. The van der Waals surface area contributed by atoms with Gasteiger partial charge in [0.25, 0.3) is 0 Å². The minimum atomic E-state index is 0.271. The topological polar surface area (TPSA) is 44.2 Å². The molecule has 4 nitrogen and oxygen atoms in total. The molecule has 100 valence electrons. The number of ether oxygens (including phenoxy) is 2. The molecule has 0 radical (unpaired) electrons. The summed E-state index contributed by atoms with van der Waals surface area (Å²) in [4.78, 5) is 8.31. The fourth-order valence-electron chi connectivity index (χ4n) is 1.68. The molecule has 5 heteroatoms. The van der Waals surface area contributed by atoms with E-state index in [2.05, 4.69) is 39.7 Å². The van der Waals surface area contributed by atoms with Gasteiger partial charge in [-0.1, -0.05) is 32.0 Å². The highest BCUT2D eigenvalue weighted by Gasteiger charge is 2.11. The quantitative estimate of drug-likeness (QED) is 0.847. The first-order valence-electron chi connectivity index (χ1n) is 5.95. The number of rotatable bonds is 4. The Morgan fingerprint density at radius 3 is 2.63 bits per heavy atom. The Morgan fingerprint density at radius 1 is 1.21 bits per heavy atom. The Bertz CT molecular complexity index is 573. The number of hydrogen-bond acceptors (Lipinski definition) is 4. The second-order valence-electron chi connectivity index (χ2n) is 4.30. The normalized spacial score (nSPS) is 10.6. The molecular weight excluding hydrogens is 308 g/mol. The lowest BCUT2D eigenvalue weighted by Crippen LogP contribution is -1.98. The highest BCUT2D eigenvalue weighted by molar-refractivity contribution is 9.10. The van der Waals surface area contributed by atoms with E-state index in [4.69, 9.17) is 9.47 Å². The van der Waals surface area contributed by atoms with Crippen LogP contribution in [0.2, 0.25) is 0 Å². The van der Waals surface area contributed by atoms with Crippen LogP contribution in [0, 0.1) is 0 Å². The van der Waals surface area contributed by atoms with Gasteiger partial charge in [0.15, 0.2) is 0 Å². The number of nitrogens with zero attached hydrogens (tertiary/aromatic N) is 2. The SMILES string of the molecule is COc1nc(Oc2ccccc2C(C)C)ncc1Br. The number of methoxy groups -OCH3 is 1. The van der Waals surface area contributed by atoms with Gasteiger partial charge in [-0.15, -0.1) is 0 Å². The molecule has 0 aliphatic carbocycles. The van der Waals surface area contributed by atoms with Crippen molar-refractivity contribution < 1.29 is 9.47 Å². The van der Waals surface area contributed by atoms with Crippen LogP contribution in [0.4, 0.5) is 0 Å². The van der Waals surface area contributed by atoms with E-state index in [0.717, 1.165) is 11.3 Å². The van der Waals surface area contributed by atoms with Gasteiger partial charge in [-0.2, -0.15) is 4.98 Å². The van der Waals surface area contributed by atoms with E-state index in [1.54, 1.807) is 13.3 Å². The molecule has 0 aliphatic rings. The summed E-state index contributed by atoms with van der Waals surface area (Å²) in [5.41, 5.74) is 1.12. The van der Waals surface area contributed by atoms with Gasteiger partial charge >= 0.3 is 6.01 Å². The molecule has 0 amide bonds. The van der Waals surface area contributed by atoms with Crippen molar-refractivity contribution in [1.29, 1.82) is 0 Å². The van der Waals surface area contributed by atoms with Crippen LogP contribution in [0.15, 0.2) is 34.9 Å². The number of benzene rings is 1. The molecule has 0 saturated carbocycles. The van der Waals surface area contributed by atoms with E-state index < -0.39 is 0 Å². The average Bonchev–Trinajstić information content (AvgIpc) is 2.41. The van der Waals surface area contributed by atoms with Crippen LogP contribution in [0.3, 0.4) is 0 Å². The van der Waals surface area contributed by atoms with E-state index in [1.807, 2.05) is 24.3 Å². The minimum Gasteiger partial charge on any atom is -0.480 e. The molecule has 0 aliphatic heterocycles. The van der Waals surface area contributed by atoms with Crippen LogP contribution in [0.25, 0.3) is 0 Å². The van der Waals surface area contributed by atoms with Crippen molar-refractivity contribution in [3.05, 3.63) is 40.5 Å². The summed E-state index contributed by atoms with van der Waals surface area (Å²) in [6.45, 7) is 4.23. The van der Waals surface area contributed by atoms with Crippen LogP contribution in [0.5, 0.6) is 17.6 Å². The lowest BCUT2D eigenvalue weighted by atomic mass is 10.0. The molecule has 0 unspecified atom stereocenters. The maximum Gasteiger partial charge on any atom is 0.325 e. The second-order valence-corrected chi connectivity index (χ2v) is 5.16. The van der Waals surface area contributed by atoms with Gasteiger partial charge in [-0.05, 0) is 33.5 Å². The average molecular weight is 323 g/mol. The molecule has 0 atom stereocenters. The van der Waals surface area contributed by atoms with E-state index in [0.29, 0.717) is 16.3 Å². The first-order valence-corrected chi connectivity index (χ1v) is 6.74. The first kappa shape index (κ1) is 13.8. The molecule has 2 aromatic rings. The summed E-state index contributed by atoms with van der Waals surface area (Å²) in [6, 6.07) is 8.14. The fourth-order valence-corrected chi connectivity index (χ4v) is 2.03. The fraction of sp³-hybridized carbons (Fsp3) is 0.286. The highest BCUT2D eigenvalue weighted by Crippen LogP contribution is 2.30. The van der Waals surface area contributed by atoms with E-state index in [9.17, 15) is 0 Å². The van der Waals surface area contributed by atoms with Crippen LogP contribution in [-0.4, -0.2) is 17.1 Å². The van der Waals surface area contributed by atoms with Crippen LogP contribution in [-0.2, 0) is 0 Å². The van der Waals surface area contributed by atoms with Gasteiger partial charge in [0.05, 0.1) is 17.8 Å². The van der Waals surface area contributed by atoms with Gasteiger partial charge in [0.2, 0.25) is 5.88 Å². The zero-order valence-corrected chi connectivity index (χ0v) is 12.6. The van der Waals surface area contributed by atoms with Crippen LogP contribution in [0.1, 0.15) is 25.3 Å². The maximum atomic E-state index is 5.75. The van der Waals surface area contributed by atoms with Gasteiger partial charge in [-0.25, -0.2) is 4.98 Å². The molecule has 0 spiro atoms. The third kappa shape index (κ3) is 3.23. The predicted octanol–water partition coefficient (Wildman–Crippen LogP) is 4.16. The Labute approximate surface area is 120 Å². The Kier molecular flexibility index (Phi) is 4.37. The van der Waals surface area contributed by atoms with E-state index in [-0.39, 0.29) is 6.01 Å². The van der Waals surface area contributed by atoms with E-state index >= 15 is 0 Å². The third-order valence-corrected chi connectivity index (χ3v) is 3.17. The Morgan fingerprint density at radius 2 is 1.95 bits per heavy atom. The number of aromatic nitrogens is 2. The van der Waals surface area contributed by atoms with Gasteiger partial charge < -0.3 is 9.47 Å². The second kappa shape index (κ2) is 6.02. The third-order valence-electron chi connectivity index (χ3n) is 2.63. The molecule has 0 fully saturated rings. The molecule has 1 aromatic carbocycles. The molecule has 0 bridgehead atoms. The lowest BCUT2D eigenvalue weighted by molar-refractivity contribution is 0.372. The molecule has 1 aromatic heterocycles. The molecule has 19 heavy (non-hydrogen) atoms. The Hall–Kier alpha value is -1.62. The van der Waals surface area contributed by atoms with Crippen molar-refractivity contribution >= 4 is 15.9 Å². The smallest absolute Gasteiger partial charge is 0.325 e. The first-order chi connectivity index (χ1) is 9.11. The molecule has 2 rings (SSSR count). The van der Waals surface area contributed by atoms with Crippen molar-refractivity contribution in [1.82, 2.24) is 9.97 Å². The van der Waals surface area contributed by atoms with Crippen LogP contribution < -0.4 is 9.47 Å². The number of hydrogen-bond donors (Lipinski definition) is 0. The molecule has 0 saturated heterocycles. The maximum absolute atomic E-state index is 5.75. The largest absolute Gasteiger partial charge is 0.480 e. The number of para-hydroxylation sites is 1. The predicted molar refractivity (Wildman–Crippen MR) is 76.9 cm³/mol. The summed E-state index contributed by atoms with van der Waals surface area (Å²) in [5, 5.41) is 0. The van der Waals surface area contributed by atoms with Crippen molar-refractivity contribution in [3.63, 3.8) is 0 Å². The van der Waals surface area contributed by atoms with Crippen molar-refractivity contribution in [2.45, 2.75) is 19.8 Å². The monoisotopic (exact) mass is 322 g/mol. The van der Waals surface area contributed by atoms with E-state index in [1.165, 1.54) is 0 Å². The Balaban J connectivity index is 2.31. The standard InChI is InChI=1S/C14H15BrN2O2/c1-9(2)10-6-4-5-7-12(10)19-14-16-8-11(15)13(17-14)18-3/h4-9H,1-3H3. The van der Waals surface area contributed by atoms with Crippen LogP contribution >= 0.6 is 15.9 Å². The van der Waals surface area contributed by atoms with Crippen molar-refractivity contribution in [2.24, 2.45) is 0 Å². The minimum absolute atomic E-state index is 0.271. The van der Waals surface area contributed by atoms with Crippen molar-refractivity contribution in [2.75, 3.05) is 7.11 Å². The zero-order valence-electron chi connectivity index (χ0n) is 11.1. The zero-order chi connectivity index (χ0) is 13.8. The van der Waals surface area contributed by atoms with Gasteiger partial charge in [0.1, 0.15) is 5.75 Å². The summed E-state index contributed by atoms with van der Waals surface area (Å²) < 4.78 is 11.6. The summed E-state index contributed by atoms with van der Waals surface area (Å²) in [7, 11) is 1.55. The molecular formula is C14H15BrN2O2. The lowest BCUT2D eigenvalue weighted by Gasteiger charge is -2.12. The van der Waals surface area contributed by atoms with Gasteiger partial charge in [-0.3, -0.25) is 0 Å². The molecule has 1 heterocycles. The summed E-state index contributed by atoms with van der Waals surface area (Å²) in [6.07, 6.45) is 1.61. The van der Waals surface area contributed by atoms with Crippen molar-refractivity contribution in [3.8, 4) is 17.6 Å². The summed E-state index contributed by atoms with van der Waals surface area (Å²) >= 11 is 3.31. The number of halogens is 1.